The summed E-state index contributed by atoms with van der Waals surface area (Å²) in [7, 11) is 0. The van der Waals surface area contributed by atoms with Crippen LogP contribution in [-0.4, -0.2) is 15.6 Å². The van der Waals surface area contributed by atoms with Crippen molar-refractivity contribution in [2.45, 2.75) is 33.1 Å². The molecule has 1 fully saturated rings. The minimum atomic E-state index is -0.660. The fourth-order valence-electron chi connectivity index (χ4n) is 2.47. The number of hydrogen-bond acceptors (Lipinski definition) is 6. The van der Waals surface area contributed by atoms with Gasteiger partial charge < -0.3 is 0 Å². The van der Waals surface area contributed by atoms with Gasteiger partial charge in [0.05, 0.1) is 15.9 Å². The number of benzene rings is 1. The molecule has 1 saturated carbocycles. The number of nitro benzene ring substituents is 2. The van der Waals surface area contributed by atoms with Gasteiger partial charge in [-0.15, -0.1) is 0 Å². The topological polar surface area (TPSA) is 111 Å². The van der Waals surface area contributed by atoms with Crippen LogP contribution < -0.4 is 5.43 Å². The van der Waals surface area contributed by atoms with Crippen LogP contribution in [0.15, 0.2) is 23.3 Å². The number of hydrogen-bond donors (Lipinski definition) is 1. The minimum Gasteiger partial charge on any atom is -0.272 e. The number of nitrogens with one attached hydrogen (secondary N) is 1. The summed E-state index contributed by atoms with van der Waals surface area (Å²) < 4.78 is 0. The van der Waals surface area contributed by atoms with Crippen molar-refractivity contribution in [3.8, 4) is 0 Å². The summed E-state index contributed by atoms with van der Waals surface area (Å²) in [5, 5.41) is 26.0. The summed E-state index contributed by atoms with van der Waals surface area (Å²) >= 11 is 0. The normalized spacial score (nSPS) is 23.3. The van der Waals surface area contributed by atoms with Gasteiger partial charge in [0.15, 0.2) is 0 Å². The van der Waals surface area contributed by atoms with Crippen LogP contribution in [0.3, 0.4) is 0 Å². The number of hydrazone groups is 1. The van der Waals surface area contributed by atoms with E-state index in [1.165, 1.54) is 12.1 Å². The van der Waals surface area contributed by atoms with E-state index in [1.54, 1.807) is 0 Å². The van der Waals surface area contributed by atoms with Crippen molar-refractivity contribution >= 4 is 22.8 Å². The molecule has 0 bridgehead atoms. The Balaban J connectivity index is 2.19. The molecule has 0 amide bonds. The van der Waals surface area contributed by atoms with Gasteiger partial charge in [-0.2, -0.15) is 5.10 Å². The largest absolute Gasteiger partial charge is 0.301 e. The Labute approximate surface area is 127 Å². The maximum atomic E-state index is 11.0. The van der Waals surface area contributed by atoms with Gasteiger partial charge in [-0.05, 0) is 37.2 Å². The summed E-state index contributed by atoms with van der Waals surface area (Å²) in [6.45, 7) is 4.36. The average molecular weight is 306 g/mol. The smallest absolute Gasteiger partial charge is 0.272 e. The SMILES string of the molecule is CC1CC/C(=N/Nc2ccc([N+](=O)[O-])cc2[N+](=O)[O-])CC1C. The molecular formula is C14H18N4O4. The quantitative estimate of drug-likeness (QED) is 0.673. The molecular weight excluding hydrogens is 288 g/mol. The fraction of sp³-hybridized carbons (Fsp3) is 0.500. The Bertz CT molecular complexity index is 629. The second-order valence-electron chi connectivity index (χ2n) is 5.70. The Kier molecular flexibility index (Phi) is 4.69. The second kappa shape index (κ2) is 6.50. The molecule has 1 aromatic carbocycles. The highest BCUT2D eigenvalue weighted by Crippen LogP contribution is 2.30. The van der Waals surface area contributed by atoms with Crippen molar-refractivity contribution in [3.05, 3.63) is 38.4 Å². The maximum Gasteiger partial charge on any atom is 0.301 e. The molecule has 1 aromatic rings. The molecule has 1 aliphatic carbocycles. The van der Waals surface area contributed by atoms with Gasteiger partial charge in [0, 0.05) is 11.8 Å². The molecule has 1 N–H and O–H groups in total. The Hall–Kier alpha value is -2.51. The molecule has 0 heterocycles. The first-order chi connectivity index (χ1) is 10.4. The first kappa shape index (κ1) is 15.9. The van der Waals surface area contributed by atoms with Gasteiger partial charge >= 0.3 is 5.69 Å². The lowest BCUT2D eigenvalue weighted by atomic mass is 9.81. The average Bonchev–Trinajstić information content (AvgIpc) is 2.48. The van der Waals surface area contributed by atoms with Crippen LogP contribution in [0, 0.1) is 32.1 Å². The molecule has 118 valence electrons. The highest BCUT2D eigenvalue weighted by Gasteiger charge is 2.22. The van der Waals surface area contributed by atoms with Gasteiger partial charge in [-0.3, -0.25) is 25.7 Å². The van der Waals surface area contributed by atoms with Crippen LogP contribution in [0.1, 0.15) is 33.1 Å². The van der Waals surface area contributed by atoms with Gasteiger partial charge in [-0.25, -0.2) is 0 Å². The lowest BCUT2D eigenvalue weighted by molar-refractivity contribution is -0.393. The summed E-state index contributed by atoms with van der Waals surface area (Å²) in [6, 6.07) is 3.48. The highest BCUT2D eigenvalue weighted by atomic mass is 16.6. The summed E-state index contributed by atoms with van der Waals surface area (Å²) in [5.74, 6) is 1.17. The molecule has 2 rings (SSSR count). The third-order valence-corrected chi connectivity index (χ3v) is 4.14. The zero-order valence-electron chi connectivity index (χ0n) is 12.5. The zero-order valence-corrected chi connectivity index (χ0v) is 12.5. The Morgan fingerprint density at radius 1 is 1.18 bits per heavy atom. The summed E-state index contributed by atoms with van der Waals surface area (Å²) in [5.41, 5.74) is 3.16. The van der Waals surface area contributed by atoms with Crippen LogP contribution in [0.25, 0.3) is 0 Å². The van der Waals surface area contributed by atoms with Crippen molar-refractivity contribution in [1.82, 2.24) is 0 Å². The second-order valence-corrected chi connectivity index (χ2v) is 5.70. The van der Waals surface area contributed by atoms with Gasteiger partial charge in [0.1, 0.15) is 5.69 Å². The van der Waals surface area contributed by atoms with Crippen LogP contribution in [0.2, 0.25) is 0 Å². The van der Waals surface area contributed by atoms with E-state index in [2.05, 4.69) is 24.4 Å². The third-order valence-electron chi connectivity index (χ3n) is 4.14. The van der Waals surface area contributed by atoms with Crippen LogP contribution >= 0.6 is 0 Å². The molecule has 22 heavy (non-hydrogen) atoms. The van der Waals surface area contributed by atoms with Crippen molar-refractivity contribution in [1.29, 1.82) is 0 Å². The number of rotatable bonds is 4. The van der Waals surface area contributed by atoms with Crippen LogP contribution in [-0.2, 0) is 0 Å². The molecule has 0 aliphatic heterocycles. The predicted octanol–water partition coefficient (Wildman–Crippen LogP) is 3.73. The van der Waals surface area contributed by atoms with E-state index in [-0.39, 0.29) is 17.1 Å². The Morgan fingerprint density at radius 3 is 2.50 bits per heavy atom. The lowest BCUT2D eigenvalue weighted by Crippen LogP contribution is -2.21. The van der Waals surface area contributed by atoms with E-state index >= 15 is 0 Å². The maximum absolute atomic E-state index is 11.0. The predicted molar refractivity (Wildman–Crippen MR) is 83.0 cm³/mol. The summed E-state index contributed by atoms with van der Waals surface area (Å²) in [6.07, 6.45) is 2.76. The van der Waals surface area contributed by atoms with Crippen molar-refractivity contribution < 1.29 is 9.85 Å². The fourth-order valence-corrected chi connectivity index (χ4v) is 2.47. The highest BCUT2D eigenvalue weighted by molar-refractivity contribution is 5.86. The molecule has 8 nitrogen and oxygen atoms in total. The number of nitrogens with zero attached hydrogens (tertiary/aromatic N) is 3. The van der Waals surface area contributed by atoms with Crippen molar-refractivity contribution in [3.63, 3.8) is 0 Å². The van der Waals surface area contributed by atoms with E-state index in [0.29, 0.717) is 11.8 Å². The number of nitro groups is 2. The van der Waals surface area contributed by atoms with E-state index < -0.39 is 9.85 Å². The zero-order chi connectivity index (χ0) is 16.3. The monoisotopic (exact) mass is 306 g/mol. The van der Waals surface area contributed by atoms with Crippen molar-refractivity contribution in [2.24, 2.45) is 16.9 Å². The van der Waals surface area contributed by atoms with Crippen molar-refractivity contribution in [2.75, 3.05) is 5.43 Å². The first-order valence-corrected chi connectivity index (χ1v) is 7.12. The van der Waals surface area contributed by atoms with E-state index in [9.17, 15) is 20.2 Å². The molecule has 0 spiro atoms. The van der Waals surface area contributed by atoms with Gasteiger partial charge in [0.25, 0.3) is 5.69 Å². The third kappa shape index (κ3) is 3.57. The summed E-state index contributed by atoms with van der Waals surface area (Å²) in [4.78, 5) is 20.4. The van der Waals surface area contributed by atoms with Crippen LogP contribution in [0.5, 0.6) is 0 Å². The number of anilines is 1. The van der Waals surface area contributed by atoms with E-state index in [4.69, 9.17) is 0 Å². The van der Waals surface area contributed by atoms with Crippen LogP contribution in [0.4, 0.5) is 17.1 Å². The molecule has 0 saturated heterocycles. The first-order valence-electron chi connectivity index (χ1n) is 7.12. The molecule has 2 unspecified atom stereocenters. The molecule has 2 atom stereocenters. The van der Waals surface area contributed by atoms with Gasteiger partial charge in [-0.1, -0.05) is 13.8 Å². The Morgan fingerprint density at radius 2 is 1.91 bits per heavy atom. The molecule has 1 aliphatic rings. The van der Waals surface area contributed by atoms with E-state index in [0.717, 1.165) is 31.0 Å². The molecule has 8 heteroatoms. The minimum absolute atomic E-state index is 0.161. The van der Waals surface area contributed by atoms with Gasteiger partial charge in [0.2, 0.25) is 0 Å². The lowest BCUT2D eigenvalue weighted by Gasteiger charge is -2.26. The molecule has 0 radical (unpaired) electrons. The standard InChI is InChI=1S/C14H18N4O4/c1-9-3-4-11(7-10(9)2)15-16-13-6-5-12(17(19)20)8-14(13)18(21)22/h5-6,8-10,16H,3-4,7H2,1-2H3/b15-11-. The molecule has 0 aromatic heterocycles. The van der Waals surface area contributed by atoms with E-state index in [1.807, 2.05) is 0 Å². The number of non-ortho nitro benzene ring substituents is 1.